The van der Waals surface area contributed by atoms with E-state index in [0.29, 0.717) is 36.1 Å². The van der Waals surface area contributed by atoms with Crippen LogP contribution in [-0.2, 0) is 0 Å². The molecule has 1 rings (SSSR count). The molecule has 0 radical (unpaired) electrons. The topological polar surface area (TPSA) is 59.8 Å². The lowest BCUT2D eigenvalue weighted by atomic mass is 10.2. The van der Waals surface area contributed by atoms with Crippen LogP contribution >= 0.6 is 23.8 Å². The molecule has 0 atom stereocenters. The SMILES string of the molecule is COc1cc(N(C)C(=S)NCC(F)(F)F)c(N)cc1OCCCCl. The van der Waals surface area contributed by atoms with Gasteiger partial charge in [-0.25, -0.2) is 0 Å². The number of anilines is 2. The van der Waals surface area contributed by atoms with Gasteiger partial charge in [0.15, 0.2) is 16.6 Å². The van der Waals surface area contributed by atoms with Crippen LogP contribution in [-0.4, -0.2) is 44.5 Å². The predicted octanol–water partition coefficient (Wildman–Crippen LogP) is 3.16. The zero-order valence-electron chi connectivity index (χ0n) is 13.2. The molecule has 0 spiro atoms. The highest BCUT2D eigenvalue weighted by Gasteiger charge is 2.28. The minimum absolute atomic E-state index is 0.114. The second kappa shape index (κ2) is 9.03. The average molecular weight is 386 g/mol. The monoisotopic (exact) mass is 385 g/mol. The molecule has 0 aromatic heterocycles. The molecular weight excluding hydrogens is 367 g/mol. The zero-order valence-corrected chi connectivity index (χ0v) is 14.8. The largest absolute Gasteiger partial charge is 0.493 e. The van der Waals surface area contributed by atoms with E-state index < -0.39 is 12.7 Å². The van der Waals surface area contributed by atoms with E-state index in [1.165, 1.54) is 25.1 Å². The first-order valence-corrected chi connectivity index (χ1v) is 7.88. The molecule has 0 bridgehead atoms. The summed E-state index contributed by atoms with van der Waals surface area (Å²) in [5.74, 6) is 1.27. The Balaban J connectivity index is 2.92. The van der Waals surface area contributed by atoms with Gasteiger partial charge in [-0.15, -0.1) is 11.6 Å². The Labute approximate surface area is 148 Å². The van der Waals surface area contributed by atoms with E-state index in [1.54, 1.807) is 6.07 Å². The number of rotatable bonds is 7. The quantitative estimate of drug-likeness (QED) is 0.325. The van der Waals surface area contributed by atoms with E-state index in [1.807, 2.05) is 0 Å². The van der Waals surface area contributed by atoms with E-state index in [2.05, 4.69) is 5.32 Å². The predicted molar refractivity (Wildman–Crippen MR) is 93.3 cm³/mol. The van der Waals surface area contributed by atoms with Crippen molar-refractivity contribution in [2.75, 3.05) is 43.8 Å². The second-order valence-corrected chi connectivity index (χ2v) is 5.55. The summed E-state index contributed by atoms with van der Waals surface area (Å²) < 4.78 is 47.6. The summed E-state index contributed by atoms with van der Waals surface area (Å²) in [6.45, 7) is -0.840. The van der Waals surface area contributed by atoms with Crippen LogP contribution in [0.2, 0.25) is 0 Å². The van der Waals surface area contributed by atoms with Crippen molar-refractivity contribution in [2.45, 2.75) is 12.6 Å². The van der Waals surface area contributed by atoms with Crippen molar-refractivity contribution < 1.29 is 22.6 Å². The standard InChI is InChI=1S/C14H19ClF3N3O2S/c1-21(13(24)20-8-14(16,17)18)10-7-11(22-2)12(6-9(10)19)23-5-3-4-15/h6-7H,3-5,8,19H2,1-2H3,(H,20,24). The molecule has 24 heavy (non-hydrogen) atoms. The number of nitrogens with zero attached hydrogens (tertiary/aromatic N) is 1. The first-order chi connectivity index (χ1) is 11.2. The summed E-state index contributed by atoms with van der Waals surface area (Å²) in [5.41, 5.74) is 6.64. The van der Waals surface area contributed by atoms with Crippen molar-refractivity contribution in [3.8, 4) is 11.5 Å². The molecule has 0 saturated heterocycles. The molecule has 5 nitrogen and oxygen atoms in total. The summed E-state index contributed by atoms with van der Waals surface area (Å²) in [6.07, 6.45) is -3.72. The lowest BCUT2D eigenvalue weighted by Crippen LogP contribution is -2.42. The van der Waals surface area contributed by atoms with Crippen molar-refractivity contribution in [1.29, 1.82) is 0 Å². The van der Waals surface area contributed by atoms with Crippen LogP contribution in [0.5, 0.6) is 11.5 Å². The number of benzene rings is 1. The molecule has 0 unspecified atom stereocenters. The first kappa shape index (κ1) is 20.4. The maximum Gasteiger partial charge on any atom is 0.405 e. The van der Waals surface area contributed by atoms with E-state index >= 15 is 0 Å². The number of nitrogens with one attached hydrogen (secondary N) is 1. The molecule has 0 aliphatic heterocycles. The van der Waals surface area contributed by atoms with Crippen molar-refractivity contribution in [1.82, 2.24) is 5.32 Å². The van der Waals surface area contributed by atoms with Gasteiger partial charge in [0.05, 0.1) is 25.1 Å². The fourth-order valence-electron chi connectivity index (χ4n) is 1.77. The van der Waals surface area contributed by atoms with Gasteiger partial charge in [0.1, 0.15) is 6.54 Å². The van der Waals surface area contributed by atoms with Gasteiger partial charge in [-0.2, -0.15) is 13.2 Å². The molecule has 10 heteroatoms. The Hall–Kier alpha value is -1.61. The minimum atomic E-state index is -4.37. The first-order valence-electron chi connectivity index (χ1n) is 6.94. The number of halogens is 4. The van der Waals surface area contributed by atoms with Gasteiger partial charge in [0.25, 0.3) is 0 Å². The summed E-state index contributed by atoms with van der Waals surface area (Å²) in [4.78, 5) is 1.33. The third-order valence-electron chi connectivity index (χ3n) is 2.95. The summed E-state index contributed by atoms with van der Waals surface area (Å²) in [5, 5.41) is 2.02. The fourth-order valence-corrected chi connectivity index (χ4v) is 2.05. The van der Waals surface area contributed by atoms with Crippen LogP contribution in [0.1, 0.15) is 6.42 Å². The summed E-state index contributed by atoms with van der Waals surface area (Å²) in [7, 11) is 2.95. The van der Waals surface area contributed by atoms with Crippen LogP contribution in [0.3, 0.4) is 0 Å². The van der Waals surface area contributed by atoms with Crippen molar-refractivity contribution in [2.24, 2.45) is 0 Å². The molecule has 0 fully saturated rings. The number of ether oxygens (including phenoxy) is 2. The maximum absolute atomic E-state index is 12.3. The number of hydrogen-bond donors (Lipinski definition) is 2. The molecule has 3 N–H and O–H groups in total. The second-order valence-electron chi connectivity index (χ2n) is 4.79. The highest BCUT2D eigenvalue weighted by atomic mass is 35.5. The summed E-state index contributed by atoms with van der Waals surface area (Å²) in [6, 6.07) is 3.08. The zero-order chi connectivity index (χ0) is 18.3. The van der Waals surface area contributed by atoms with Gasteiger partial charge < -0.3 is 25.4 Å². The van der Waals surface area contributed by atoms with Crippen molar-refractivity contribution >= 4 is 40.3 Å². The van der Waals surface area contributed by atoms with Gasteiger partial charge in [-0.3, -0.25) is 0 Å². The molecular formula is C14H19ClF3N3O2S. The number of hydrogen-bond acceptors (Lipinski definition) is 4. The normalized spacial score (nSPS) is 11.1. The van der Waals surface area contributed by atoms with Crippen LogP contribution in [0.15, 0.2) is 12.1 Å². The number of nitrogen functional groups attached to an aromatic ring is 1. The summed E-state index contributed by atoms with van der Waals surface area (Å²) >= 11 is 10.5. The number of alkyl halides is 4. The average Bonchev–Trinajstić information content (AvgIpc) is 2.51. The molecule has 0 heterocycles. The Morgan fingerprint density at radius 1 is 1.38 bits per heavy atom. The van der Waals surface area contributed by atoms with Crippen LogP contribution in [0, 0.1) is 0 Å². The van der Waals surface area contributed by atoms with Crippen LogP contribution < -0.4 is 25.4 Å². The molecule has 136 valence electrons. The molecule has 0 amide bonds. The molecule has 0 aliphatic rings. The van der Waals surface area contributed by atoms with Crippen LogP contribution in [0.25, 0.3) is 0 Å². The van der Waals surface area contributed by atoms with Gasteiger partial charge >= 0.3 is 6.18 Å². The Morgan fingerprint density at radius 3 is 2.58 bits per heavy atom. The van der Waals surface area contributed by atoms with Crippen molar-refractivity contribution in [3.63, 3.8) is 0 Å². The molecule has 1 aromatic carbocycles. The smallest absolute Gasteiger partial charge is 0.405 e. The third-order valence-corrected chi connectivity index (χ3v) is 3.64. The number of nitrogens with two attached hydrogens (primary N) is 1. The third kappa shape index (κ3) is 6.12. The van der Waals surface area contributed by atoms with Crippen molar-refractivity contribution in [3.05, 3.63) is 12.1 Å². The Bertz CT molecular complexity index is 573. The van der Waals surface area contributed by atoms with Gasteiger partial charge in [0.2, 0.25) is 0 Å². The molecule has 1 aromatic rings. The van der Waals surface area contributed by atoms with E-state index in [-0.39, 0.29) is 10.8 Å². The van der Waals surface area contributed by atoms with Gasteiger partial charge in [-0.1, -0.05) is 0 Å². The molecule has 0 aliphatic carbocycles. The lowest BCUT2D eigenvalue weighted by molar-refractivity contribution is -0.121. The lowest BCUT2D eigenvalue weighted by Gasteiger charge is -2.24. The number of methoxy groups -OCH3 is 1. The highest BCUT2D eigenvalue weighted by molar-refractivity contribution is 7.80. The highest BCUT2D eigenvalue weighted by Crippen LogP contribution is 2.36. The Morgan fingerprint density at radius 2 is 2.04 bits per heavy atom. The van der Waals surface area contributed by atoms with E-state index in [9.17, 15) is 13.2 Å². The molecule has 0 saturated carbocycles. The Kier molecular flexibility index (Phi) is 7.68. The van der Waals surface area contributed by atoms with Gasteiger partial charge in [-0.05, 0) is 18.6 Å². The van der Waals surface area contributed by atoms with Crippen LogP contribution in [0.4, 0.5) is 24.5 Å². The van der Waals surface area contributed by atoms with E-state index in [0.717, 1.165) is 0 Å². The minimum Gasteiger partial charge on any atom is -0.493 e. The maximum atomic E-state index is 12.3. The van der Waals surface area contributed by atoms with E-state index in [4.69, 9.17) is 39.0 Å². The fraction of sp³-hybridized carbons (Fsp3) is 0.500. The van der Waals surface area contributed by atoms with Gasteiger partial charge in [0, 0.05) is 25.1 Å². The number of thiocarbonyl (C=S) groups is 1.